The normalized spacial score (nSPS) is 12.8. The first-order chi connectivity index (χ1) is 9.12. The van der Waals surface area contributed by atoms with Crippen molar-refractivity contribution in [2.45, 2.75) is 19.0 Å². The van der Waals surface area contributed by atoms with E-state index in [0.717, 1.165) is 0 Å². The molecule has 2 aromatic rings. The molecule has 0 aliphatic rings. The van der Waals surface area contributed by atoms with Gasteiger partial charge in [0.15, 0.2) is 5.65 Å². The Balaban J connectivity index is 2.77. The third kappa shape index (κ3) is 2.23. The molecule has 0 atom stereocenters. The molecule has 0 aromatic carbocycles. The number of halogens is 7. The maximum absolute atomic E-state index is 12.6. The summed E-state index contributed by atoms with van der Waals surface area (Å²) < 4.78 is 87.0. The second-order valence-electron chi connectivity index (χ2n) is 3.65. The Hall–Kier alpha value is -2.07. The van der Waals surface area contributed by atoms with Crippen molar-refractivity contribution in [2.24, 2.45) is 0 Å². The fourth-order valence-electron chi connectivity index (χ4n) is 1.55. The van der Waals surface area contributed by atoms with Crippen molar-refractivity contribution in [1.29, 1.82) is 0 Å². The summed E-state index contributed by atoms with van der Waals surface area (Å²) in [5.74, 6) is -1.84. The van der Waals surface area contributed by atoms with Gasteiger partial charge in [-0.1, -0.05) is 0 Å². The van der Waals surface area contributed by atoms with E-state index in [4.69, 9.17) is 0 Å². The molecule has 0 unspecified atom stereocenters. The van der Waals surface area contributed by atoms with Gasteiger partial charge < -0.3 is 5.21 Å². The molecule has 0 saturated heterocycles. The zero-order chi connectivity index (χ0) is 15.2. The zero-order valence-electron chi connectivity index (χ0n) is 9.17. The van der Waals surface area contributed by atoms with E-state index in [9.17, 15) is 35.9 Å². The Kier molecular flexibility index (Phi) is 3.22. The van der Waals surface area contributed by atoms with Crippen molar-refractivity contribution in [3.8, 4) is 0 Å². The summed E-state index contributed by atoms with van der Waals surface area (Å²) in [6, 6.07) is 0.302. The van der Waals surface area contributed by atoms with Crippen LogP contribution in [0.4, 0.5) is 30.7 Å². The zero-order valence-corrected chi connectivity index (χ0v) is 9.17. The second kappa shape index (κ2) is 4.49. The number of rotatable bonds is 2. The monoisotopic (exact) mass is 303 g/mol. The average molecular weight is 303 g/mol. The number of hydrogen-bond acceptors (Lipinski definition) is 3. The van der Waals surface area contributed by atoms with Crippen molar-refractivity contribution in [3.63, 3.8) is 0 Å². The molecule has 0 amide bonds. The molecule has 0 aliphatic carbocycles. The minimum absolute atomic E-state index is 0.302. The SMILES string of the molecule is On1c(C(F)(F)F)nc2nc(C(F)F)c(C(F)F)cc21. The van der Waals surface area contributed by atoms with E-state index in [1.165, 1.54) is 0 Å². The number of aromatic nitrogens is 3. The topological polar surface area (TPSA) is 50.9 Å². The summed E-state index contributed by atoms with van der Waals surface area (Å²) in [6.07, 6.45) is -11.9. The molecule has 4 nitrogen and oxygen atoms in total. The average Bonchev–Trinajstić information content (AvgIpc) is 2.64. The lowest BCUT2D eigenvalue weighted by Crippen LogP contribution is -2.13. The van der Waals surface area contributed by atoms with Crippen molar-refractivity contribution >= 4 is 11.2 Å². The summed E-state index contributed by atoms with van der Waals surface area (Å²) in [7, 11) is 0. The molecule has 2 aromatic heterocycles. The number of hydrogen-bond donors (Lipinski definition) is 1. The molecular weight excluding hydrogens is 299 g/mol. The molecule has 20 heavy (non-hydrogen) atoms. The summed E-state index contributed by atoms with van der Waals surface area (Å²) >= 11 is 0. The summed E-state index contributed by atoms with van der Waals surface area (Å²) in [5, 5.41) is 9.22. The van der Waals surface area contributed by atoms with Crippen molar-refractivity contribution < 1.29 is 35.9 Å². The van der Waals surface area contributed by atoms with Crippen LogP contribution in [0.5, 0.6) is 0 Å². The van der Waals surface area contributed by atoms with E-state index in [1.54, 1.807) is 0 Å². The first-order valence-electron chi connectivity index (χ1n) is 4.89. The van der Waals surface area contributed by atoms with Crippen molar-refractivity contribution in [2.75, 3.05) is 0 Å². The number of nitrogens with zero attached hydrogens (tertiary/aromatic N) is 3. The van der Waals surface area contributed by atoms with Crippen LogP contribution in [0.3, 0.4) is 0 Å². The van der Waals surface area contributed by atoms with Gasteiger partial charge in [0.05, 0.1) is 0 Å². The molecule has 0 spiro atoms. The predicted octanol–water partition coefficient (Wildman–Crippen LogP) is 3.56. The minimum atomic E-state index is -5.09. The Labute approximate surface area is 105 Å². The van der Waals surface area contributed by atoms with Crippen LogP contribution < -0.4 is 0 Å². The number of alkyl halides is 7. The van der Waals surface area contributed by atoms with Gasteiger partial charge in [-0.3, -0.25) is 0 Å². The minimum Gasteiger partial charge on any atom is -0.426 e. The largest absolute Gasteiger partial charge is 0.453 e. The lowest BCUT2D eigenvalue weighted by Gasteiger charge is -2.07. The highest BCUT2D eigenvalue weighted by Gasteiger charge is 2.39. The molecule has 110 valence electrons. The molecule has 1 N–H and O–H groups in total. The molecule has 0 fully saturated rings. The smallest absolute Gasteiger partial charge is 0.426 e. The van der Waals surface area contributed by atoms with Gasteiger partial charge in [0.2, 0.25) is 0 Å². The van der Waals surface area contributed by atoms with E-state index in [2.05, 4.69) is 9.97 Å². The van der Waals surface area contributed by atoms with Crippen molar-refractivity contribution in [3.05, 3.63) is 23.1 Å². The van der Waals surface area contributed by atoms with Crippen LogP contribution >= 0.6 is 0 Å². The maximum Gasteiger partial charge on any atom is 0.453 e. The van der Waals surface area contributed by atoms with Gasteiger partial charge in [-0.25, -0.2) is 27.5 Å². The van der Waals surface area contributed by atoms with Gasteiger partial charge in [0.1, 0.15) is 11.2 Å². The Morgan fingerprint density at radius 1 is 1.05 bits per heavy atom. The molecule has 2 rings (SSSR count). The number of imidazole rings is 1. The van der Waals surface area contributed by atoms with Crippen molar-refractivity contribution in [1.82, 2.24) is 14.7 Å². The van der Waals surface area contributed by atoms with E-state index in [-0.39, 0.29) is 0 Å². The fourth-order valence-corrected chi connectivity index (χ4v) is 1.55. The highest BCUT2D eigenvalue weighted by Crippen LogP contribution is 2.34. The molecule has 0 bridgehead atoms. The number of pyridine rings is 1. The van der Waals surface area contributed by atoms with Crippen LogP contribution in [0.2, 0.25) is 0 Å². The predicted molar refractivity (Wildman–Crippen MR) is 49.6 cm³/mol. The Bertz CT molecular complexity index is 649. The van der Waals surface area contributed by atoms with Crippen LogP contribution in [0, 0.1) is 0 Å². The molecule has 2 heterocycles. The first-order valence-corrected chi connectivity index (χ1v) is 4.89. The summed E-state index contributed by atoms with van der Waals surface area (Å²) in [6.45, 7) is 0. The molecular formula is C9H4F7N3O. The van der Waals surface area contributed by atoms with Crippen LogP contribution in [-0.2, 0) is 6.18 Å². The Morgan fingerprint density at radius 2 is 1.65 bits per heavy atom. The maximum atomic E-state index is 12.6. The lowest BCUT2D eigenvalue weighted by molar-refractivity contribution is -0.153. The third-order valence-electron chi connectivity index (χ3n) is 2.38. The van der Waals surface area contributed by atoms with E-state index < -0.39 is 52.0 Å². The fraction of sp³-hybridized carbons (Fsp3) is 0.333. The van der Waals surface area contributed by atoms with Gasteiger partial charge in [-0.05, 0) is 6.07 Å². The summed E-state index contributed by atoms with van der Waals surface area (Å²) in [5.41, 5.74) is -4.38. The van der Waals surface area contributed by atoms with Crippen LogP contribution in [0.25, 0.3) is 11.2 Å². The van der Waals surface area contributed by atoms with Crippen LogP contribution in [0.15, 0.2) is 6.07 Å². The Morgan fingerprint density at radius 3 is 2.10 bits per heavy atom. The summed E-state index contributed by atoms with van der Waals surface area (Å²) in [4.78, 5) is 5.79. The molecule has 0 saturated carbocycles. The van der Waals surface area contributed by atoms with Gasteiger partial charge in [-0.15, -0.1) is 0 Å². The number of fused-ring (bicyclic) bond motifs is 1. The molecule has 11 heteroatoms. The van der Waals surface area contributed by atoms with Gasteiger partial charge >= 0.3 is 6.18 Å². The third-order valence-corrected chi connectivity index (χ3v) is 2.38. The second-order valence-corrected chi connectivity index (χ2v) is 3.65. The lowest BCUT2D eigenvalue weighted by atomic mass is 10.2. The van der Waals surface area contributed by atoms with Crippen LogP contribution in [0.1, 0.15) is 29.9 Å². The van der Waals surface area contributed by atoms with Gasteiger partial charge in [0, 0.05) is 5.56 Å². The van der Waals surface area contributed by atoms with Gasteiger partial charge in [-0.2, -0.15) is 17.9 Å². The first kappa shape index (κ1) is 14.3. The van der Waals surface area contributed by atoms with Crippen LogP contribution in [-0.4, -0.2) is 19.9 Å². The standard InChI is InChI=1S/C9H4F7N3O/c10-5(11)2-1-3-7(17-4(2)6(12)13)18-8(19(3)20)9(14,15)16/h1,5-6,20H. The van der Waals surface area contributed by atoms with Gasteiger partial charge in [0.25, 0.3) is 18.7 Å². The molecule has 0 radical (unpaired) electrons. The highest BCUT2D eigenvalue weighted by atomic mass is 19.4. The van der Waals surface area contributed by atoms with E-state index >= 15 is 0 Å². The highest BCUT2D eigenvalue weighted by molar-refractivity contribution is 5.73. The van der Waals surface area contributed by atoms with E-state index in [1.807, 2.05) is 0 Å². The molecule has 0 aliphatic heterocycles. The quantitative estimate of drug-likeness (QED) is 0.681. The van der Waals surface area contributed by atoms with E-state index in [0.29, 0.717) is 6.07 Å².